The fourth-order valence-electron chi connectivity index (χ4n) is 2.36. The summed E-state index contributed by atoms with van der Waals surface area (Å²) in [5.74, 6) is 6.38. The maximum Gasteiger partial charge on any atom is 0.306 e. The van der Waals surface area contributed by atoms with Gasteiger partial charge in [-0.25, -0.2) is 0 Å². The van der Waals surface area contributed by atoms with Gasteiger partial charge in [-0.05, 0) is 19.3 Å². The third-order valence-electron chi connectivity index (χ3n) is 3.50. The van der Waals surface area contributed by atoms with Gasteiger partial charge in [0.15, 0.2) is 0 Å². The molecule has 0 fully saturated rings. The molecule has 0 aromatic rings. The van der Waals surface area contributed by atoms with Crippen molar-refractivity contribution in [2.24, 2.45) is 0 Å². The zero-order chi connectivity index (χ0) is 14.5. The van der Waals surface area contributed by atoms with Gasteiger partial charge in [-0.2, -0.15) is 0 Å². The molecule has 1 rings (SSSR count). The van der Waals surface area contributed by atoms with Crippen molar-refractivity contribution in [2.45, 2.75) is 83.7 Å². The number of rotatable bonds is 2. The van der Waals surface area contributed by atoms with Gasteiger partial charge in [0.25, 0.3) is 0 Å². The highest BCUT2D eigenvalue weighted by Gasteiger charge is 2.12. The first-order valence-corrected chi connectivity index (χ1v) is 8.13. The van der Waals surface area contributed by atoms with E-state index in [4.69, 9.17) is 4.74 Å². The van der Waals surface area contributed by atoms with Crippen molar-refractivity contribution in [3.8, 4) is 11.8 Å². The summed E-state index contributed by atoms with van der Waals surface area (Å²) in [4.78, 5) is 11.8. The summed E-state index contributed by atoms with van der Waals surface area (Å²) in [6.07, 6.45) is 15.1. The molecule has 1 unspecified atom stereocenters. The van der Waals surface area contributed by atoms with Crippen molar-refractivity contribution in [1.82, 2.24) is 0 Å². The molecule has 0 saturated carbocycles. The Balaban J connectivity index is 2.48. The molecule has 0 aliphatic carbocycles. The molecule has 0 N–H and O–H groups in total. The van der Waals surface area contributed by atoms with Gasteiger partial charge in [-0.15, -0.1) is 5.92 Å². The molecule has 2 nitrogen and oxygen atoms in total. The van der Waals surface area contributed by atoms with Crippen molar-refractivity contribution in [3.63, 3.8) is 0 Å². The van der Waals surface area contributed by atoms with Crippen LogP contribution in [0.15, 0.2) is 12.2 Å². The number of carbonyl (C=O) groups excluding carboxylic acids is 1. The Hall–Kier alpha value is -1.23. The summed E-state index contributed by atoms with van der Waals surface area (Å²) in [6.45, 7) is 2.13. The van der Waals surface area contributed by atoms with Crippen molar-refractivity contribution in [2.75, 3.05) is 0 Å². The normalized spacial score (nSPS) is 24.2. The van der Waals surface area contributed by atoms with Crippen LogP contribution in [0.25, 0.3) is 0 Å². The van der Waals surface area contributed by atoms with E-state index in [2.05, 4.69) is 30.9 Å². The third kappa shape index (κ3) is 8.80. The quantitative estimate of drug-likeness (QED) is 0.412. The van der Waals surface area contributed by atoms with Crippen molar-refractivity contribution >= 4 is 5.97 Å². The van der Waals surface area contributed by atoms with E-state index in [-0.39, 0.29) is 12.1 Å². The van der Waals surface area contributed by atoms with Crippen LogP contribution < -0.4 is 0 Å². The topological polar surface area (TPSA) is 26.3 Å². The average Bonchev–Trinajstić information content (AvgIpc) is 2.42. The van der Waals surface area contributed by atoms with E-state index in [0.717, 1.165) is 44.9 Å². The predicted octanol–water partition coefficient (Wildman–Crippen LogP) is 4.78. The molecule has 0 aromatic heterocycles. The van der Waals surface area contributed by atoms with Gasteiger partial charge >= 0.3 is 5.97 Å². The van der Waals surface area contributed by atoms with E-state index in [1.54, 1.807) is 0 Å². The number of cyclic esters (lactones) is 1. The lowest BCUT2D eigenvalue weighted by molar-refractivity contribution is -0.149. The van der Waals surface area contributed by atoms with E-state index in [1.165, 1.54) is 19.3 Å². The summed E-state index contributed by atoms with van der Waals surface area (Å²) in [6, 6.07) is 0. The molecule has 0 spiro atoms. The zero-order valence-corrected chi connectivity index (χ0v) is 12.8. The highest BCUT2D eigenvalue weighted by atomic mass is 16.5. The maximum atomic E-state index is 11.8. The smallest absolute Gasteiger partial charge is 0.306 e. The van der Waals surface area contributed by atoms with Gasteiger partial charge in [0.05, 0.1) is 0 Å². The molecule has 20 heavy (non-hydrogen) atoms. The monoisotopic (exact) mass is 276 g/mol. The Morgan fingerprint density at radius 3 is 2.80 bits per heavy atom. The number of carbonyl (C=O) groups is 1. The summed E-state index contributed by atoms with van der Waals surface area (Å²) in [7, 11) is 0. The van der Waals surface area contributed by atoms with Crippen molar-refractivity contribution in [3.05, 3.63) is 12.2 Å². The second-order valence-electron chi connectivity index (χ2n) is 5.43. The van der Waals surface area contributed by atoms with Gasteiger partial charge in [0.1, 0.15) is 6.10 Å². The predicted molar refractivity (Wildman–Crippen MR) is 83.3 cm³/mol. The first-order valence-electron chi connectivity index (χ1n) is 8.13. The molecule has 1 heterocycles. The molecule has 112 valence electrons. The Labute approximate surface area is 124 Å². The minimum absolute atomic E-state index is 0.0243. The van der Waals surface area contributed by atoms with Gasteiger partial charge in [0.2, 0.25) is 0 Å². The van der Waals surface area contributed by atoms with Gasteiger partial charge < -0.3 is 4.74 Å². The van der Waals surface area contributed by atoms with Crippen LogP contribution in [0.2, 0.25) is 0 Å². The first kappa shape index (κ1) is 16.8. The fraction of sp³-hybridized carbons (Fsp3) is 0.722. The Morgan fingerprint density at radius 2 is 1.95 bits per heavy atom. The highest BCUT2D eigenvalue weighted by molar-refractivity contribution is 5.69. The average molecular weight is 276 g/mol. The molecule has 0 bridgehead atoms. The molecule has 1 aliphatic heterocycles. The van der Waals surface area contributed by atoms with E-state index >= 15 is 0 Å². The molecular weight excluding hydrogens is 248 g/mol. The van der Waals surface area contributed by atoms with E-state index in [9.17, 15) is 4.79 Å². The maximum absolute atomic E-state index is 11.8. The molecule has 2 heteroatoms. The Morgan fingerprint density at radius 1 is 1.15 bits per heavy atom. The molecular formula is C18H28O2. The van der Waals surface area contributed by atoms with Crippen LogP contribution in [0, 0.1) is 11.8 Å². The van der Waals surface area contributed by atoms with Crippen LogP contribution in [-0.4, -0.2) is 12.1 Å². The number of allylic oxidation sites excluding steroid dienone is 1. The zero-order valence-electron chi connectivity index (χ0n) is 12.8. The number of hydrogen-bond donors (Lipinski definition) is 0. The number of esters is 1. The third-order valence-corrected chi connectivity index (χ3v) is 3.50. The standard InChI is InChI=1S/C18H28O2/c1-2-14-17-15-12-10-8-6-4-3-5-7-9-11-13-16-18(19)20-17/h10,12,17H,2-3,5,7-9,11,13-16H2,1H3/b12-10-. The van der Waals surface area contributed by atoms with Gasteiger partial charge in [0, 0.05) is 25.7 Å². The number of ether oxygens (including phenoxy) is 1. The molecule has 1 atom stereocenters. The molecule has 0 radical (unpaired) electrons. The van der Waals surface area contributed by atoms with Gasteiger partial charge in [-0.1, -0.05) is 50.7 Å². The van der Waals surface area contributed by atoms with E-state index < -0.39 is 0 Å². The second-order valence-corrected chi connectivity index (χ2v) is 5.43. The van der Waals surface area contributed by atoms with Crippen molar-refractivity contribution in [1.29, 1.82) is 0 Å². The molecule has 1 aliphatic rings. The van der Waals surface area contributed by atoms with Crippen LogP contribution in [0.4, 0.5) is 0 Å². The SMILES string of the molecule is CCCC1C/C=C\CC#CCCCCCCCC(=O)O1. The summed E-state index contributed by atoms with van der Waals surface area (Å²) < 4.78 is 5.57. The lowest BCUT2D eigenvalue weighted by Crippen LogP contribution is -2.17. The van der Waals surface area contributed by atoms with E-state index in [0.29, 0.717) is 6.42 Å². The Kier molecular flexibility index (Phi) is 9.74. The van der Waals surface area contributed by atoms with Crippen LogP contribution in [0.3, 0.4) is 0 Å². The van der Waals surface area contributed by atoms with Crippen LogP contribution >= 0.6 is 0 Å². The lowest BCUT2D eigenvalue weighted by Gasteiger charge is -2.15. The fourth-order valence-corrected chi connectivity index (χ4v) is 2.36. The summed E-state index contributed by atoms with van der Waals surface area (Å²) >= 11 is 0. The van der Waals surface area contributed by atoms with Crippen LogP contribution in [-0.2, 0) is 9.53 Å². The minimum atomic E-state index is -0.0243. The Bertz CT molecular complexity index is 346. The highest BCUT2D eigenvalue weighted by Crippen LogP contribution is 2.12. The number of hydrogen-bond acceptors (Lipinski definition) is 2. The summed E-state index contributed by atoms with van der Waals surface area (Å²) in [5, 5.41) is 0. The van der Waals surface area contributed by atoms with Gasteiger partial charge in [-0.3, -0.25) is 4.79 Å². The largest absolute Gasteiger partial charge is 0.462 e. The van der Waals surface area contributed by atoms with Crippen LogP contribution in [0.5, 0.6) is 0 Å². The lowest BCUT2D eigenvalue weighted by atomic mass is 10.1. The first-order chi connectivity index (χ1) is 9.83. The summed E-state index contributed by atoms with van der Waals surface area (Å²) in [5.41, 5.74) is 0. The molecule has 0 saturated heterocycles. The molecule has 0 amide bonds. The second kappa shape index (κ2) is 11.6. The minimum Gasteiger partial charge on any atom is -0.462 e. The van der Waals surface area contributed by atoms with Crippen molar-refractivity contribution < 1.29 is 9.53 Å². The van der Waals surface area contributed by atoms with E-state index in [1.807, 2.05) is 0 Å². The molecule has 0 aromatic carbocycles. The van der Waals surface area contributed by atoms with Crippen LogP contribution in [0.1, 0.15) is 77.6 Å².